The van der Waals surface area contributed by atoms with Gasteiger partial charge in [-0.15, -0.1) is 0 Å². The summed E-state index contributed by atoms with van der Waals surface area (Å²) in [5.74, 6) is 5.12. The number of rotatable bonds is 2. The second kappa shape index (κ2) is 5.07. The molecular weight excluding hydrogens is 166 g/mol. The Morgan fingerprint density at radius 1 is 1.62 bits per heavy atom. The minimum absolute atomic E-state index is 0.127. The van der Waals surface area contributed by atoms with Gasteiger partial charge in [-0.1, -0.05) is 13.3 Å². The quantitative estimate of drug-likeness (QED) is 0.386. The maximum atomic E-state index is 11.3. The van der Waals surface area contributed by atoms with Crippen molar-refractivity contribution in [1.29, 1.82) is 0 Å². The first-order chi connectivity index (χ1) is 6.29. The van der Waals surface area contributed by atoms with Gasteiger partial charge in [-0.2, -0.15) is 0 Å². The molecule has 1 aliphatic heterocycles. The van der Waals surface area contributed by atoms with Crippen molar-refractivity contribution in [2.24, 2.45) is 5.84 Å². The van der Waals surface area contributed by atoms with E-state index in [-0.39, 0.29) is 6.03 Å². The van der Waals surface area contributed by atoms with Gasteiger partial charge in [0.25, 0.3) is 0 Å². The molecule has 0 spiro atoms. The predicted molar refractivity (Wildman–Crippen MR) is 52.0 cm³/mol. The maximum Gasteiger partial charge on any atom is 0.331 e. The Balaban J connectivity index is 2.50. The molecule has 1 aliphatic rings. The fraction of sp³-hybridized carbons (Fsp3) is 0.889. The molecule has 0 bridgehead atoms. The molecule has 2 amide bonds. The highest BCUT2D eigenvalue weighted by atomic mass is 16.2. The van der Waals surface area contributed by atoms with Crippen LogP contribution in [0, 0.1) is 0 Å². The van der Waals surface area contributed by atoms with E-state index in [1.165, 1.54) is 6.42 Å². The number of amides is 2. The second-order valence-electron chi connectivity index (χ2n) is 3.58. The zero-order chi connectivity index (χ0) is 9.68. The highest BCUT2D eigenvalue weighted by Crippen LogP contribution is 2.20. The number of carbonyl (C=O) groups is 1. The molecule has 0 aromatic rings. The van der Waals surface area contributed by atoms with E-state index < -0.39 is 0 Å². The Morgan fingerprint density at radius 3 is 3.00 bits per heavy atom. The van der Waals surface area contributed by atoms with Crippen LogP contribution in [0.15, 0.2) is 0 Å². The molecule has 1 rings (SSSR count). The Hall–Kier alpha value is -0.770. The molecule has 1 atom stereocenters. The lowest BCUT2D eigenvalue weighted by molar-refractivity contribution is 0.146. The van der Waals surface area contributed by atoms with Crippen molar-refractivity contribution in [1.82, 2.24) is 10.3 Å². The molecule has 0 aromatic carbocycles. The zero-order valence-electron chi connectivity index (χ0n) is 8.25. The zero-order valence-corrected chi connectivity index (χ0v) is 8.25. The Labute approximate surface area is 79.4 Å². The first kappa shape index (κ1) is 10.3. The van der Waals surface area contributed by atoms with Gasteiger partial charge in [-0.05, 0) is 25.7 Å². The van der Waals surface area contributed by atoms with Crippen LogP contribution in [0.2, 0.25) is 0 Å². The molecule has 1 fully saturated rings. The molecule has 1 heterocycles. The van der Waals surface area contributed by atoms with E-state index in [1.54, 1.807) is 0 Å². The van der Waals surface area contributed by atoms with Gasteiger partial charge < -0.3 is 4.90 Å². The van der Waals surface area contributed by atoms with Gasteiger partial charge in [0.2, 0.25) is 0 Å². The molecule has 4 heteroatoms. The summed E-state index contributed by atoms with van der Waals surface area (Å²) in [6.07, 6.45) is 5.68. The van der Waals surface area contributed by atoms with Crippen molar-refractivity contribution in [3.63, 3.8) is 0 Å². The third kappa shape index (κ3) is 2.59. The summed E-state index contributed by atoms with van der Waals surface area (Å²) in [6.45, 7) is 3.00. The fourth-order valence-corrected chi connectivity index (χ4v) is 1.98. The third-order valence-electron chi connectivity index (χ3n) is 2.63. The Bertz CT molecular complexity index is 170. The van der Waals surface area contributed by atoms with E-state index in [0.29, 0.717) is 6.04 Å². The molecule has 1 unspecified atom stereocenters. The van der Waals surface area contributed by atoms with E-state index >= 15 is 0 Å². The van der Waals surface area contributed by atoms with Gasteiger partial charge in [0, 0.05) is 12.6 Å². The SMILES string of the molecule is CCCC1CCCCN1C(=O)NN. The van der Waals surface area contributed by atoms with Crippen molar-refractivity contribution >= 4 is 6.03 Å². The van der Waals surface area contributed by atoms with E-state index in [9.17, 15) is 4.79 Å². The molecule has 76 valence electrons. The molecule has 4 nitrogen and oxygen atoms in total. The third-order valence-corrected chi connectivity index (χ3v) is 2.63. The molecule has 0 saturated carbocycles. The van der Waals surface area contributed by atoms with Crippen LogP contribution < -0.4 is 11.3 Å². The normalized spacial score (nSPS) is 22.9. The molecule has 3 N–H and O–H groups in total. The lowest BCUT2D eigenvalue weighted by Crippen LogP contribution is -2.50. The van der Waals surface area contributed by atoms with E-state index in [2.05, 4.69) is 12.3 Å². The standard InChI is InChI=1S/C9H19N3O/c1-2-5-8-6-3-4-7-12(8)9(13)11-10/h8H,2-7,10H2,1H3,(H,11,13). The number of hydrogen-bond acceptors (Lipinski definition) is 2. The van der Waals surface area contributed by atoms with Gasteiger partial charge in [0.05, 0.1) is 0 Å². The Morgan fingerprint density at radius 2 is 2.38 bits per heavy atom. The average Bonchev–Trinajstić information content (AvgIpc) is 2.18. The number of carbonyl (C=O) groups excluding carboxylic acids is 1. The number of hydrazine groups is 1. The van der Waals surface area contributed by atoms with Crippen molar-refractivity contribution < 1.29 is 4.79 Å². The lowest BCUT2D eigenvalue weighted by Gasteiger charge is -2.35. The van der Waals surface area contributed by atoms with Gasteiger partial charge >= 0.3 is 6.03 Å². The van der Waals surface area contributed by atoms with Crippen LogP contribution >= 0.6 is 0 Å². The molecule has 0 radical (unpaired) electrons. The van der Waals surface area contributed by atoms with Crippen LogP contribution in [0.5, 0.6) is 0 Å². The van der Waals surface area contributed by atoms with Gasteiger partial charge in [-0.25, -0.2) is 10.6 Å². The summed E-state index contributed by atoms with van der Waals surface area (Å²) < 4.78 is 0. The van der Waals surface area contributed by atoms with Crippen molar-refractivity contribution in [2.75, 3.05) is 6.54 Å². The topological polar surface area (TPSA) is 58.4 Å². The van der Waals surface area contributed by atoms with E-state index in [1.807, 2.05) is 4.90 Å². The van der Waals surface area contributed by atoms with Crippen molar-refractivity contribution in [2.45, 2.75) is 45.1 Å². The number of nitrogens with two attached hydrogens (primary N) is 1. The summed E-state index contributed by atoms with van der Waals surface area (Å²) in [6, 6.07) is 0.278. The number of urea groups is 1. The highest BCUT2D eigenvalue weighted by molar-refractivity contribution is 5.73. The molecule has 0 aliphatic carbocycles. The van der Waals surface area contributed by atoms with Crippen molar-refractivity contribution in [3.05, 3.63) is 0 Å². The number of nitrogens with zero attached hydrogens (tertiary/aromatic N) is 1. The van der Waals surface area contributed by atoms with E-state index in [0.717, 1.165) is 32.2 Å². The fourth-order valence-electron chi connectivity index (χ4n) is 1.98. The first-order valence-corrected chi connectivity index (χ1v) is 5.06. The van der Waals surface area contributed by atoms with Crippen LogP contribution in [-0.2, 0) is 0 Å². The highest BCUT2D eigenvalue weighted by Gasteiger charge is 2.24. The minimum atomic E-state index is -0.127. The van der Waals surface area contributed by atoms with Gasteiger partial charge in [0.1, 0.15) is 0 Å². The molecule has 1 saturated heterocycles. The van der Waals surface area contributed by atoms with Gasteiger partial charge in [0.15, 0.2) is 0 Å². The Kier molecular flexibility index (Phi) is 4.02. The molecular formula is C9H19N3O. The summed E-state index contributed by atoms with van der Waals surface area (Å²) >= 11 is 0. The first-order valence-electron chi connectivity index (χ1n) is 5.06. The second-order valence-corrected chi connectivity index (χ2v) is 3.58. The molecule has 0 aromatic heterocycles. The van der Waals surface area contributed by atoms with Crippen molar-refractivity contribution in [3.8, 4) is 0 Å². The van der Waals surface area contributed by atoms with Gasteiger partial charge in [-0.3, -0.25) is 5.43 Å². The average molecular weight is 185 g/mol. The maximum absolute atomic E-state index is 11.3. The smallest absolute Gasteiger partial charge is 0.321 e. The van der Waals surface area contributed by atoms with E-state index in [4.69, 9.17) is 5.84 Å². The number of piperidine rings is 1. The number of likely N-dealkylation sites (tertiary alicyclic amines) is 1. The minimum Gasteiger partial charge on any atom is -0.321 e. The van der Waals surface area contributed by atoms with Crippen LogP contribution in [0.4, 0.5) is 4.79 Å². The summed E-state index contributed by atoms with van der Waals surface area (Å²) in [4.78, 5) is 13.2. The number of nitrogens with one attached hydrogen (secondary N) is 1. The molecule has 13 heavy (non-hydrogen) atoms. The summed E-state index contributed by atoms with van der Waals surface area (Å²) in [7, 11) is 0. The van der Waals surface area contributed by atoms with Crippen LogP contribution in [0.25, 0.3) is 0 Å². The predicted octanol–water partition coefficient (Wildman–Crippen LogP) is 1.22. The van der Waals surface area contributed by atoms with Crippen LogP contribution in [0.3, 0.4) is 0 Å². The lowest BCUT2D eigenvalue weighted by atomic mass is 9.99. The summed E-state index contributed by atoms with van der Waals surface area (Å²) in [5.41, 5.74) is 2.21. The van der Waals surface area contributed by atoms with Crippen LogP contribution in [-0.4, -0.2) is 23.5 Å². The van der Waals surface area contributed by atoms with Crippen LogP contribution in [0.1, 0.15) is 39.0 Å². The summed E-state index contributed by atoms with van der Waals surface area (Å²) in [5, 5.41) is 0. The monoisotopic (exact) mass is 185 g/mol. The number of hydrogen-bond donors (Lipinski definition) is 2. The largest absolute Gasteiger partial charge is 0.331 e.